The van der Waals surface area contributed by atoms with Crippen molar-refractivity contribution in [3.05, 3.63) is 35.6 Å². The van der Waals surface area contributed by atoms with E-state index < -0.39 is 0 Å². The summed E-state index contributed by atoms with van der Waals surface area (Å²) in [6.07, 6.45) is 0.694. The molecule has 1 rings (SSSR count). The number of hydrogen-bond donors (Lipinski definition) is 2. The number of rotatable bonds is 5. The van der Waals surface area contributed by atoms with Crippen molar-refractivity contribution in [2.24, 2.45) is 5.73 Å². The van der Waals surface area contributed by atoms with Gasteiger partial charge in [0.2, 0.25) is 0 Å². The lowest BCUT2D eigenvalue weighted by molar-refractivity contribution is 0.503. The minimum absolute atomic E-state index is 0.132. The number of nitrogens with one attached hydrogen (secondary N) is 1. The van der Waals surface area contributed by atoms with Crippen LogP contribution in [0.3, 0.4) is 0 Å². The third-order valence-electron chi connectivity index (χ3n) is 2.27. The molecule has 0 radical (unpaired) electrons. The molecule has 1 aromatic carbocycles. The molecule has 3 heteroatoms. The zero-order chi connectivity index (χ0) is 11.3. The summed E-state index contributed by atoms with van der Waals surface area (Å²) in [5.41, 5.74) is 6.38. The summed E-state index contributed by atoms with van der Waals surface area (Å²) in [6, 6.07) is 7.25. The second kappa shape index (κ2) is 5.83. The molecule has 2 unspecified atom stereocenters. The topological polar surface area (TPSA) is 38.0 Å². The van der Waals surface area contributed by atoms with Gasteiger partial charge in [0.1, 0.15) is 5.82 Å². The average Bonchev–Trinajstić information content (AvgIpc) is 2.18. The van der Waals surface area contributed by atoms with Gasteiger partial charge in [-0.3, -0.25) is 0 Å². The van der Waals surface area contributed by atoms with Crippen LogP contribution in [-0.4, -0.2) is 18.6 Å². The van der Waals surface area contributed by atoms with Gasteiger partial charge < -0.3 is 11.1 Å². The molecule has 0 aromatic heterocycles. The van der Waals surface area contributed by atoms with Gasteiger partial charge in [-0.25, -0.2) is 4.39 Å². The monoisotopic (exact) mass is 210 g/mol. The molecule has 15 heavy (non-hydrogen) atoms. The van der Waals surface area contributed by atoms with Crippen LogP contribution in [0.15, 0.2) is 24.3 Å². The van der Waals surface area contributed by atoms with Gasteiger partial charge in [0, 0.05) is 18.6 Å². The van der Waals surface area contributed by atoms with Gasteiger partial charge >= 0.3 is 0 Å². The quantitative estimate of drug-likeness (QED) is 0.776. The summed E-state index contributed by atoms with van der Waals surface area (Å²) in [5.74, 6) is -0.132. The number of hydrogen-bond acceptors (Lipinski definition) is 2. The summed E-state index contributed by atoms with van der Waals surface area (Å²) in [5, 5.41) is 3.27. The first-order valence-corrected chi connectivity index (χ1v) is 5.32. The first-order chi connectivity index (χ1) is 7.09. The molecule has 0 heterocycles. The maximum atomic E-state index is 13.3. The average molecular weight is 210 g/mol. The molecular formula is C12H19FN2. The standard InChI is InChI=1S/C12H19FN2/c1-9(14)8-15-10(2)7-11-5-3-4-6-12(11)13/h3-6,9-10,15H,7-8,14H2,1-2H3. The van der Waals surface area contributed by atoms with Crippen molar-refractivity contribution in [1.82, 2.24) is 5.32 Å². The Morgan fingerprint density at radius 2 is 2.00 bits per heavy atom. The fourth-order valence-electron chi connectivity index (χ4n) is 1.45. The highest BCUT2D eigenvalue weighted by Gasteiger charge is 2.07. The van der Waals surface area contributed by atoms with E-state index in [1.54, 1.807) is 6.07 Å². The van der Waals surface area contributed by atoms with Gasteiger partial charge in [0.05, 0.1) is 0 Å². The Balaban J connectivity index is 2.44. The van der Waals surface area contributed by atoms with Crippen LogP contribution in [0, 0.1) is 5.82 Å². The van der Waals surface area contributed by atoms with Crippen LogP contribution in [0.4, 0.5) is 4.39 Å². The maximum absolute atomic E-state index is 13.3. The molecule has 2 atom stereocenters. The first kappa shape index (κ1) is 12.1. The highest BCUT2D eigenvalue weighted by molar-refractivity contribution is 5.18. The summed E-state index contributed by atoms with van der Waals surface area (Å²) >= 11 is 0. The second-order valence-corrected chi connectivity index (χ2v) is 4.08. The molecule has 3 N–H and O–H groups in total. The van der Waals surface area contributed by atoms with E-state index in [1.807, 2.05) is 26.0 Å². The third-order valence-corrected chi connectivity index (χ3v) is 2.27. The molecule has 0 amide bonds. The van der Waals surface area contributed by atoms with Crippen LogP contribution >= 0.6 is 0 Å². The Labute approximate surface area is 90.7 Å². The third kappa shape index (κ3) is 4.40. The van der Waals surface area contributed by atoms with Crippen LogP contribution in [0.5, 0.6) is 0 Å². The van der Waals surface area contributed by atoms with Crippen molar-refractivity contribution >= 4 is 0 Å². The van der Waals surface area contributed by atoms with Crippen molar-refractivity contribution in [1.29, 1.82) is 0 Å². The fourth-order valence-corrected chi connectivity index (χ4v) is 1.45. The summed E-state index contributed by atoms with van der Waals surface area (Å²) in [7, 11) is 0. The summed E-state index contributed by atoms with van der Waals surface area (Å²) < 4.78 is 13.3. The van der Waals surface area contributed by atoms with Crippen LogP contribution in [0.2, 0.25) is 0 Å². The molecule has 0 saturated carbocycles. The largest absolute Gasteiger partial charge is 0.327 e. The first-order valence-electron chi connectivity index (χ1n) is 5.32. The Bertz CT molecular complexity index is 299. The van der Waals surface area contributed by atoms with Crippen LogP contribution in [0.25, 0.3) is 0 Å². The highest BCUT2D eigenvalue weighted by Crippen LogP contribution is 2.08. The van der Waals surface area contributed by atoms with Crippen LogP contribution in [-0.2, 0) is 6.42 Å². The molecule has 0 saturated heterocycles. The molecule has 2 nitrogen and oxygen atoms in total. The molecule has 0 aliphatic rings. The van der Waals surface area contributed by atoms with E-state index in [-0.39, 0.29) is 17.9 Å². The Hall–Kier alpha value is -0.930. The number of benzene rings is 1. The van der Waals surface area contributed by atoms with E-state index in [2.05, 4.69) is 5.32 Å². The van der Waals surface area contributed by atoms with Gasteiger partial charge in [-0.15, -0.1) is 0 Å². The molecule has 0 spiro atoms. The minimum atomic E-state index is -0.132. The van der Waals surface area contributed by atoms with Gasteiger partial charge in [0.25, 0.3) is 0 Å². The van der Waals surface area contributed by atoms with Crippen molar-refractivity contribution in [2.45, 2.75) is 32.4 Å². The van der Waals surface area contributed by atoms with E-state index in [9.17, 15) is 4.39 Å². The van der Waals surface area contributed by atoms with Gasteiger partial charge in [0.15, 0.2) is 0 Å². The molecule has 84 valence electrons. The normalized spacial score (nSPS) is 14.9. The van der Waals surface area contributed by atoms with E-state index >= 15 is 0 Å². The SMILES string of the molecule is CC(N)CNC(C)Cc1ccccc1F. The summed E-state index contributed by atoms with van der Waals surface area (Å²) in [4.78, 5) is 0. The lowest BCUT2D eigenvalue weighted by Crippen LogP contribution is -2.37. The van der Waals surface area contributed by atoms with Crippen molar-refractivity contribution in [2.75, 3.05) is 6.54 Å². The van der Waals surface area contributed by atoms with E-state index in [0.717, 1.165) is 12.1 Å². The Morgan fingerprint density at radius 3 is 2.60 bits per heavy atom. The van der Waals surface area contributed by atoms with Gasteiger partial charge in [-0.05, 0) is 31.9 Å². The predicted octanol–water partition coefficient (Wildman–Crippen LogP) is 1.69. The lowest BCUT2D eigenvalue weighted by atomic mass is 10.1. The molecular weight excluding hydrogens is 191 g/mol. The Kier molecular flexibility index (Phi) is 4.72. The second-order valence-electron chi connectivity index (χ2n) is 4.08. The lowest BCUT2D eigenvalue weighted by Gasteiger charge is -2.15. The zero-order valence-electron chi connectivity index (χ0n) is 9.33. The van der Waals surface area contributed by atoms with E-state index in [4.69, 9.17) is 5.73 Å². The maximum Gasteiger partial charge on any atom is 0.126 e. The number of halogens is 1. The molecule has 0 aliphatic heterocycles. The van der Waals surface area contributed by atoms with Crippen molar-refractivity contribution in [3.63, 3.8) is 0 Å². The van der Waals surface area contributed by atoms with Gasteiger partial charge in [-0.2, -0.15) is 0 Å². The number of nitrogens with two attached hydrogens (primary N) is 1. The van der Waals surface area contributed by atoms with Crippen molar-refractivity contribution < 1.29 is 4.39 Å². The fraction of sp³-hybridized carbons (Fsp3) is 0.500. The van der Waals surface area contributed by atoms with Crippen LogP contribution < -0.4 is 11.1 Å². The predicted molar refractivity (Wildman–Crippen MR) is 61.2 cm³/mol. The molecule has 1 aromatic rings. The molecule has 0 fully saturated rings. The van der Waals surface area contributed by atoms with E-state index in [1.165, 1.54) is 6.07 Å². The summed E-state index contributed by atoms with van der Waals surface area (Å²) in [6.45, 7) is 4.74. The van der Waals surface area contributed by atoms with Crippen molar-refractivity contribution in [3.8, 4) is 0 Å². The molecule has 0 aliphatic carbocycles. The van der Waals surface area contributed by atoms with Gasteiger partial charge in [-0.1, -0.05) is 18.2 Å². The minimum Gasteiger partial charge on any atom is -0.327 e. The smallest absolute Gasteiger partial charge is 0.126 e. The van der Waals surface area contributed by atoms with Crippen LogP contribution in [0.1, 0.15) is 19.4 Å². The highest BCUT2D eigenvalue weighted by atomic mass is 19.1. The Morgan fingerprint density at radius 1 is 1.33 bits per heavy atom. The molecule has 0 bridgehead atoms. The van der Waals surface area contributed by atoms with E-state index in [0.29, 0.717) is 6.42 Å². The zero-order valence-corrected chi connectivity index (χ0v) is 9.33.